The van der Waals surface area contributed by atoms with Gasteiger partial charge in [0.05, 0.1) is 12.5 Å². The Balaban J connectivity index is 1.52. The van der Waals surface area contributed by atoms with Crippen molar-refractivity contribution in [3.63, 3.8) is 0 Å². The quantitative estimate of drug-likeness (QED) is 0.684. The number of halogens is 1. The van der Waals surface area contributed by atoms with Crippen molar-refractivity contribution in [2.45, 2.75) is 43.7 Å². The van der Waals surface area contributed by atoms with Crippen molar-refractivity contribution < 1.29 is 28.9 Å². The highest BCUT2D eigenvalue weighted by atomic mass is 19.1. The van der Waals surface area contributed by atoms with Gasteiger partial charge in [-0.3, -0.25) is 9.59 Å². The van der Waals surface area contributed by atoms with Crippen LogP contribution >= 0.6 is 0 Å². The molecule has 0 radical (unpaired) electrons. The molecule has 0 unspecified atom stereocenters. The van der Waals surface area contributed by atoms with Gasteiger partial charge < -0.3 is 25.2 Å². The van der Waals surface area contributed by atoms with Gasteiger partial charge in [-0.05, 0) is 31.0 Å². The maximum atomic E-state index is 13.2. The summed E-state index contributed by atoms with van der Waals surface area (Å²) in [6.45, 7) is 1.36. The molecule has 0 aliphatic carbocycles. The van der Waals surface area contributed by atoms with Crippen LogP contribution < -0.4 is 5.32 Å². The summed E-state index contributed by atoms with van der Waals surface area (Å²) in [5.41, 5.74) is 0.152. The number of hydrogen-bond acceptors (Lipinski definition) is 5. The molecular weight excluding hydrogens is 343 g/mol. The first-order chi connectivity index (χ1) is 12.5. The predicted octanol–water partition coefficient (Wildman–Crippen LogP) is 0.0572. The molecule has 2 fully saturated rings. The molecule has 142 valence electrons. The lowest BCUT2D eigenvalue weighted by molar-refractivity contribution is -0.134. The van der Waals surface area contributed by atoms with Gasteiger partial charge in [0.1, 0.15) is 24.1 Å². The molecule has 2 heterocycles. The second-order valence-corrected chi connectivity index (χ2v) is 6.71. The number of likely N-dealkylation sites (tertiary alicyclic amines) is 1. The number of ether oxygens (including phenoxy) is 1. The van der Waals surface area contributed by atoms with E-state index in [9.17, 15) is 24.2 Å². The summed E-state index contributed by atoms with van der Waals surface area (Å²) >= 11 is 0. The highest BCUT2D eigenvalue weighted by Gasteiger charge is 2.43. The Labute approximate surface area is 150 Å². The lowest BCUT2D eigenvalue weighted by Gasteiger charge is -2.19. The summed E-state index contributed by atoms with van der Waals surface area (Å²) in [7, 11) is 0. The SMILES string of the molecule is O=C(NC[C@@H]1O[C@@H](CC(=O)N2CCCC2)[C@H](O)[C@@H]1O)c1cccc(F)c1. The molecule has 3 rings (SSSR count). The van der Waals surface area contributed by atoms with Crippen LogP contribution in [0.2, 0.25) is 0 Å². The number of nitrogens with zero attached hydrogens (tertiary/aromatic N) is 1. The Morgan fingerprint density at radius 2 is 1.88 bits per heavy atom. The molecule has 26 heavy (non-hydrogen) atoms. The van der Waals surface area contributed by atoms with Gasteiger partial charge >= 0.3 is 0 Å². The van der Waals surface area contributed by atoms with Gasteiger partial charge in [-0.25, -0.2) is 4.39 Å². The number of nitrogens with one attached hydrogen (secondary N) is 1. The van der Waals surface area contributed by atoms with Crippen molar-refractivity contribution >= 4 is 11.8 Å². The third kappa shape index (κ3) is 4.20. The third-order valence-corrected chi connectivity index (χ3v) is 4.85. The van der Waals surface area contributed by atoms with Crippen molar-refractivity contribution in [1.29, 1.82) is 0 Å². The molecule has 8 heteroatoms. The molecule has 1 aromatic rings. The van der Waals surface area contributed by atoms with E-state index in [2.05, 4.69) is 5.32 Å². The van der Waals surface area contributed by atoms with Gasteiger partial charge in [-0.1, -0.05) is 6.07 Å². The molecule has 7 nitrogen and oxygen atoms in total. The zero-order chi connectivity index (χ0) is 18.7. The molecular formula is C18H23FN2O5. The van der Waals surface area contributed by atoms with Crippen LogP contribution in [0.3, 0.4) is 0 Å². The van der Waals surface area contributed by atoms with Crippen LogP contribution in [0.4, 0.5) is 4.39 Å². The number of benzene rings is 1. The molecule has 2 saturated heterocycles. The number of aliphatic hydroxyl groups is 2. The number of carbonyl (C=O) groups is 2. The molecule has 0 bridgehead atoms. The predicted molar refractivity (Wildman–Crippen MR) is 89.8 cm³/mol. The summed E-state index contributed by atoms with van der Waals surface area (Å²) in [5.74, 6) is -1.14. The first-order valence-corrected chi connectivity index (χ1v) is 8.79. The van der Waals surface area contributed by atoms with Crippen LogP contribution in [0.1, 0.15) is 29.6 Å². The second kappa shape index (κ2) is 8.11. The standard InChI is InChI=1S/C18H23FN2O5/c19-12-5-3-4-11(8-12)18(25)20-10-14-17(24)16(23)13(26-14)9-15(22)21-6-1-2-7-21/h3-5,8,13-14,16-17,23-24H,1-2,6-7,9-10H2,(H,20,25)/t13-,14-,16-,17+/m0/s1. The number of aliphatic hydroxyl groups excluding tert-OH is 2. The molecule has 1 aromatic carbocycles. The van der Waals surface area contributed by atoms with Crippen LogP contribution in [-0.2, 0) is 9.53 Å². The smallest absolute Gasteiger partial charge is 0.251 e. The third-order valence-electron chi connectivity index (χ3n) is 4.85. The molecule has 2 aliphatic heterocycles. The average Bonchev–Trinajstić information content (AvgIpc) is 3.25. The van der Waals surface area contributed by atoms with Crippen molar-refractivity contribution in [3.8, 4) is 0 Å². The van der Waals surface area contributed by atoms with E-state index in [1.807, 2.05) is 0 Å². The van der Waals surface area contributed by atoms with E-state index in [-0.39, 0.29) is 24.4 Å². The van der Waals surface area contributed by atoms with Crippen LogP contribution in [0.25, 0.3) is 0 Å². The Morgan fingerprint density at radius 1 is 1.19 bits per heavy atom. The molecule has 3 N–H and O–H groups in total. The molecule has 0 saturated carbocycles. The number of amides is 2. The maximum absolute atomic E-state index is 13.2. The first-order valence-electron chi connectivity index (χ1n) is 8.79. The zero-order valence-corrected chi connectivity index (χ0v) is 14.3. The van der Waals surface area contributed by atoms with Gasteiger partial charge in [0.2, 0.25) is 5.91 Å². The fraction of sp³-hybridized carbons (Fsp3) is 0.556. The van der Waals surface area contributed by atoms with E-state index in [4.69, 9.17) is 4.74 Å². The summed E-state index contributed by atoms with van der Waals surface area (Å²) < 4.78 is 18.8. The largest absolute Gasteiger partial charge is 0.388 e. The van der Waals surface area contributed by atoms with E-state index in [1.165, 1.54) is 18.2 Å². The maximum Gasteiger partial charge on any atom is 0.251 e. The van der Waals surface area contributed by atoms with Gasteiger partial charge in [0, 0.05) is 25.2 Å². The first kappa shape index (κ1) is 18.8. The Morgan fingerprint density at radius 3 is 2.58 bits per heavy atom. The van der Waals surface area contributed by atoms with Gasteiger partial charge in [-0.15, -0.1) is 0 Å². The van der Waals surface area contributed by atoms with E-state index in [0.717, 1.165) is 18.9 Å². The summed E-state index contributed by atoms with van der Waals surface area (Å²) in [4.78, 5) is 26.0. The Bertz CT molecular complexity index is 665. The van der Waals surface area contributed by atoms with Crippen molar-refractivity contribution in [2.24, 2.45) is 0 Å². The minimum absolute atomic E-state index is 0.00737. The summed E-state index contributed by atoms with van der Waals surface area (Å²) in [5, 5.41) is 22.8. The number of hydrogen-bond donors (Lipinski definition) is 3. The van der Waals surface area contributed by atoms with Crippen LogP contribution in [-0.4, -0.2) is 71.0 Å². The number of rotatable bonds is 5. The van der Waals surface area contributed by atoms with E-state index in [0.29, 0.717) is 13.1 Å². The monoisotopic (exact) mass is 366 g/mol. The second-order valence-electron chi connectivity index (χ2n) is 6.71. The van der Waals surface area contributed by atoms with E-state index >= 15 is 0 Å². The summed E-state index contributed by atoms with van der Waals surface area (Å²) in [6, 6.07) is 5.23. The molecule has 2 amide bonds. The van der Waals surface area contributed by atoms with Crippen molar-refractivity contribution in [3.05, 3.63) is 35.6 Å². The fourth-order valence-corrected chi connectivity index (χ4v) is 3.36. The highest BCUT2D eigenvalue weighted by molar-refractivity contribution is 5.94. The zero-order valence-electron chi connectivity index (χ0n) is 14.3. The van der Waals surface area contributed by atoms with Gasteiger partial charge in [0.25, 0.3) is 5.91 Å². The minimum Gasteiger partial charge on any atom is -0.388 e. The van der Waals surface area contributed by atoms with Crippen LogP contribution in [0.5, 0.6) is 0 Å². The summed E-state index contributed by atoms with van der Waals surface area (Å²) in [6.07, 6.45) is -2.12. The minimum atomic E-state index is -1.21. The molecule has 0 spiro atoms. The molecule has 4 atom stereocenters. The van der Waals surface area contributed by atoms with Crippen molar-refractivity contribution in [2.75, 3.05) is 19.6 Å². The van der Waals surface area contributed by atoms with Gasteiger partial charge in [-0.2, -0.15) is 0 Å². The fourth-order valence-electron chi connectivity index (χ4n) is 3.36. The Hall–Kier alpha value is -2.03. The van der Waals surface area contributed by atoms with Crippen LogP contribution in [0.15, 0.2) is 24.3 Å². The van der Waals surface area contributed by atoms with Crippen molar-refractivity contribution in [1.82, 2.24) is 10.2 Å². The lowest BCUT2D eigenvalue weighted by atomic mass is 10.0. The lowest BCUT2D eigenvalue weighted by Crippen LogP contribution is -2.40. The molecule has 0 aromatic heterocycles. The van der Waals surface area contributed by atoms with Crippen LogP contribution in [0, 0.1) is 5.82 Å². The van der Waals surface area contributed by atoms with E-state index in [1.54, 1.807) is 4.90 Å². The topological polar surface area (TPSA) is 99.1 Å². The van der Waals surface area contributed by atoms with E-state index < -0.39 is 36.1 Å². The number of carbonyl (C=O) groups excluding carboxylic acids is 2. The molecule has 2 aliphatic rings. The van der Waals surface area contributed by atoms with Gasteiger partial charge in [0.15, 0.2) is 0 Å². The Kier molecular flexibility index (Phi) is 5.85. The highest BCUT2D eigenvalue weighted by Crippen LogP contribution is 2.24. The average molecular weight is 366 g/mol. The normalized spacial score (nSPS) is 28.3.